The molecule has 0 aliphatic carbocycles. The minimum atomic E-state index is -1.22. The van der Waals surface area contributed by atoms with Crippen LogP contribution in [0.3, 0.4) is 0 Å². The van der Waals surface area contributed by atoms with Crippen LogP contribution in [0.2, 0.25) is 0 Å². The Labute approximate surface area is 235 Å². The largest absolute Gasteiger partial charge is 0.480 e. The quantitative estimate of drug-likeness (QED) is 0.235. The molecule has 0 radical (unpaired) electrons. The Bertz CT molecular complexity index is 1240. The summed E-state index contributed by atoms with van der Waals surface area (Å²) in [5.41, 5.74) is 6.16. The smallest absolute Gasteiger partial charge is 0.425 e. The molecule has 0 bridgehead atoms. The number of rotatable bonds is 12. The number of carbonyl (C=O) groups is 3. The van der Waals surface area contributed by atoms with E-state index in [4.69, 9.17) is 9.47 Å². The second-order valence-electron chi connectivity index (χ2n) is 10.5. The predicted molar refractivity (Wildman–Crippen MR) is 152 cm³/mol. The topological polar surface area (TPSA) is 105 Å². The second kappa shape index (κ2) is 14.3. The highest BCUT2D eigenvalue weighted by molar-refractivity contribution is 5.82. The van der Waals surface area contributed by atoms with Gasteiger partial charge in [-0.2, -0.15) is 0 Å². The number of nitrogens with one attached hydrogen (secondary N) is 1. The van der Waals surface area contributed by atoms with Crippen molar-refractivity contribution >= 4 is 18.0 Å². The van der Waals surface area contributed by atoms with Gasteiger partial charge in [0.2, 0.25) is 0 Å². The molecule has 0 saturated heterocycles. The number of esters is 1. The van der Waals surface area contributed by atoms with Gasteiger partial charge < -0.3 is 14.6 Å². The zero-order valence-corrected chi connectivity index (χ0v) is 23.5. The summed E-state index contributed by atoms with van der Waals surface area (Å²) in [6.07, 6.45) is -0.713. The summed E-state index contributed by atoms with van der Waals surface area (Å²) in [7, 11) is 0. The van der Waals surface area contributed by atoms with Crippen LogP contribution in [0.1, 0.15) is 49.9 Å². The number of aliphatic carboxylic acids is 1. The van der Waals surface area contributed by atoms with E-state index in [2.05, 4.69) is 26.2 Å². The minimum Gasteiger partial charge on any atom is -0.480 e. The maximum absolute atomic E-state index is 13.5. The van der Waals surface area contributed by atoms with Crippen LogP contribution in [0.4, 0.5) is 4.79 Å². The first-order valence-electron chi connectivity index (χ1n) is 13.4. The van der Waals surface area contributed by atoms with Gasteiger partial charge in [-0.05, 0) is 34.6 Å². The molecule has 0 fully saturated rings. The zero-order valence-electron chi connectivity index (χ0n) is 23.5. The number of amides is 1. The lowest BCUT2D eigenvalue weighted by molar-refractivity contribution is -0.152. The van der Waals surface area contributed by atoms with Gasteiger partial charge in [0.15, 0.2) is 6.04 Å². The number of benzene rings is 3. The van der Waals surface area contributed by atoms with E-state index in [0.29, 0.717) is 0 Å². The van der Waals surface area contributed by atoms with Crippen LogP contribution in [0.25, 0.3) is 0 Å². The molecule has 40 heavy (non-hydrogen) atoms. The van der Waals surface area contributed by atoms with Crippen molar-refractivity contribution in [3.8, 4) is 0 Å². The van der Waals surface area contributed by atoms with E-state index in [9.17, 15) is 19.5 Å². The Hall–Kier alpha value is -4.17. The third kappa shape index (κ3) is 8.95. The Morgan fingerprint density at radius 1 is 0.800 bits per heavy atom. The minimum absolute atomic E-state index is 0.0490. The number of nitrogens with zero attached hydrogens (tertiary/aromatic N) is 1. The molecule has 0 spiro atoms. The summed E-state index contributed by atoms with van der Waals surface area (Å²) in [5, 5.41) is 11.1. The SMILES string of the molecule is CCOC(=O)[C@H](Cc1ccccc1)N(N[C@@H](Cc1ccc(C(C)(C)C)cc1)C(=O)O)C(=O)OCc1ccccc1. The molecule has 3 rings (SSSR count). The molecule has 8 nitrogen and oxygen atoms in total. The summed E-state index contributed by atoms with van der Waals surface area (Å²) in [5.74, 6) is -1.85. The molecule has 2 N–H and O–H groups in total. The van der Waals surface area contributed by atoms with Crippen molar-refractivity contribution in [2.75, 3.05) is 6.61 Å². The third-order valence-electron chi connectivity index (χ3n) is 6.40. The summed E-state index contributed by atoms with van der Waals surface area (Å²) >= 11 is 0. The lowest BCUT2D eigenvalue weighted by Crippen LogP contribution is -2.59. The highest BCUT2D eigenvalue weighted by Crippen LogP contribution is 2.23. The molecule has 8 heteroatoms. The predicted octanol–water partition coefficient (Wildman–Crippen LogP) is 5.30. The Morgan fingerprint density at radius 3 is 1.88 bits per heavy atom. The normalized spacial score (nSPS) is 12.7. The van der Waals surface area contributed by atoms with E-state index in [1.807, 2.05) is 72.8 Å². The maximum atomic E-state index is 13.5. The number of hydrogen-bond donors (Lipinski definition) is 2. The average Bonchev–Trinajstić information content (AvgIpc) is 2.94. The molecule has 0 aliphatic rings. The average molecular weight is 547 g/mol. The van der Waals surface area contributed by atoms with Crippen LogP contribution in [0, 0.1) is 0 Å². The van der Waals surface area contributed by atoms with E-state index in [1.54, 1.807) is 19.1 Å². The summed E-state index contributed by atoms with van der Waals surface area (Å²) < 4.78 is 10.8. The van der Waals surface area contributed by atoms with Gasteiger partial charge in [-0.25, -0.2) is 20.0 Å². The van der Waals surface area contributed by atoms with Crippen molar-refractivity contribution < 1.29 is 29.0 Å². The van der Waals surface area contributed by atoms with E-state index >= 15 is 0 Å². The summed E-state index contributed by atoms with van der Waals surface area (Å²) in [4.78, 5) is 39.0. The third-order valence-corrected chi connectivity index (χ3v) is 6.40. The van der Waals surface area contributed by atoms with Gasteiger partial charge in [-0.3, -0.25) is 4.79 Å². The van der Waals surface area contributed by atoms with E-state index in [0.717, 1.165) is 27.3 Å². The van der Waals surface area contributed by atoms with Crippen LogP contribution >= 0.6 is 0 Å². The number of hydrogen-bond acceptors (Lipinski definition) is 6. The van der Waals surface area contributed by atoms with Crippen molar-refractivity contribution in [1.29, 1.82) is 0 Å². The molecule has 0 saturated carbocycles. The molecule has 3 aromatic rings. The molecular formula is C32H38N2O6. The molecule has 3 aromatic carbocycles. The number of carboxylic acids is 1. The Balaban J connectivity index is 1.91. The van der Waals surface area contributed by atoms with Gasteiger partial charge in [-0.15, -0.1) is 0 Å². The zero-order chi connectivity index (χ0) is 29.1. The number of carboxylic acid groups (broad SMARTS) is 1. The van der Waals surface area contributed by atoms with Gasteiger partial charge in [0.1, 0.15) is 12.6 Å². The first kappa shape index (κ1) is 30.4. The number of carbonyl (C=O) groups excluding carboxylic acids is 2. The van der Waals surface area contributed by atoms with Crippen LogP contribution in [0.5, 0.6) is 0 Å². The molecule has 212 valence electrons. The van der Waals surface area contributed by atoms with Crippen LogP contribution in [-0.2, 0) is 43.9 Å². The van der Waals surface area contributed by atoms with Gasteiger partial charge in [0.25, 0.3) is 0 Å². The van der Waals surface area contributed by atoms with Crippen molar-refractivity contribution in [2.45, 2.75) is 64.6 Å². The first-order valence-corrected chi connectivity index (χ1v) is 13.4. The monoisotopic (exact) mass is 546 g/mol. The van der Waals surface area contributed by atoms with Gasteiger partial charge in [0.05, 0.1) is 6.61 Å². The van der Waals surface area contributed by atoms with Gasteiger partial charge >= 0.3 is 18.0 Å². The number of hydrazine groups is 1. The second-order valence-corrected chi connectivity index (χ2v) is 10.5. The molecule has 2 atom stereocenters. The van der Waals surface area contributed by atoms with E-state index in [-0.39, 0.29) is 31.5 Å². The fourth-order valence-electron chi connectivity index (χ4n) is 4.15. The van der Waals surface area contributed by atoms with Crippen molar-refractivity contribution in [1.82, 2.24) is 10.4 Å². The lowest BCUT2D eigenvalue weighted by atomic mass is 9.86. The van der Waals surface area contributed by atoms with Crippen molar-refractivity contribution in [2.24, 2.45) is 0 Å². The van der Waals surface area contributed by atoms with Crippen LogP contribution in [-0.4, -0.2) is 46.8 Å². The molecule has 0 heterocycles. The van der Waals surface area contributed by atoms with Crippen LogP contribution < -0.4 is 5.43 Å². The van der Waals surface area contributed by atoms with E-state index in [1.165, 1.54) is 0 Å². The highest BCUT2D eigenvalue weighted by atomic mass is 16.6. The standard InChI is InChI=1S/C32H38N2O6/c1-5-39-30(37)28(21-23-12-8-6-9-13-23)34(31(38)40-22-25-14-10-7-11-15-25)33-27(29(35)36)20-24-16-18-26(19-17-24)32(2,3)4/h6-19,27-28,33H,5,20-22H2,1-4H3,(H,35,36)/t27-,28-/m0/s1. The van der Waals surface area contributed by atoms with Crippen molar-refractivity contribution in [3.05, 3.63) is 107 Å². The van der Waals surface area contributed by atoms with Gasteiger partial charge in [-0.1, -0.05) is 106 Å². The van der Waals surface area contributed by atoms with Gasteiger partial charge in [0, 0.05) is 12.8 Å². The fraction of sp³-hybridized carbons (Fsp3) is 0.344. The molecule has 0 unspecified atom stereocenters. The number of ether oxygens (including phenoxy) is 2. The Kier molecular flexibility index (Phi) is 10.8. The molecule has 0 aliphatic heterocycles. The summed E-state index contributed by atoms with van der Waals surface area (Å²) in [6, 6.07) is 23.5. The summed E-state index contributed by atoms with van der Waals surface area (Å²) in [6.45, 7) is 8.02. The van der Waals surface area contributed by atoms with Crippen LogP contribution in [0.15, 0.2) is 84.9 Å². The maximum Gasteiger partial charge on any atom is 0.425 e. The fourth-order valence-corrected chi connectivity index (χ4v) is 4.15. The molecule has 1 amide bonds. The Morgan fingerprint density at radius 2 is 1.35 bits per heavy atom. The molecular weight excluding hydrogens is 508 g/mol. The highest BCUT2D eigenvalue weighted by Gasteiger charge is 2.36. The lowest BCUT2D eigenvalue weighted by Gasteiger charge is -2.32. The van der Waals surface area contributed by atoms with Crippen molar-refractivity contribution in [3.63, 3.8) is 0 Å². The van der Waals surface area contributed by atoms with E-state index < -0.39 is 30.1 Å². The molecule has 0 aromatic heterocycles. The first-order chi connectivity index (χ1) is 19.1.